The van der Waals surface area contributed by atoms with E-state index in [9.17, 15) is 0 Å². The molecule has 1 nitrogen and oxygen atoms in total. The van der Waals surface area contributed by atoms with Crippen LogP contribution in [0.15, 0.2) is 30.3 Å². The van der Waals surface area contributed by atoms with Crippen molar-refractivity contribution in [2.24, 2.45) is 5.92 Å². The Labute approximate surface area is 104 Å². The summed E-state index contributed by atoms with van der Waals surface area (Å²) in [4.78, 5) is 0. The summed E-state index contributed by atoms with van der Waals surface area (Å²) in [5, 5.41) is 0. The van der Waals surface area contributed by atoms with E-state index in [2.05, 4.69) is 31.2 Å². The summed E-state index contributed by atoms with van der Waals surface area (Å²) < 4.78 is 5.49. The second-order valence-corrected chi connectivity index (χ2v) is 4.42. The number of ether oxygens (including phenoxy) is 1. The Kier molecular flexibility index (Phi) is 7.28. The zero-order valence-corrected chi connectivity index (χ0v) is 10.7. The molecule has 0 saturated heterocycles. The number of halogens is 1. The number of alkyl halides is 1. The molecule has 1 rings (SSSR count). The van der Waals surface area contributed by atoms with E-state index in [1.54, 1.807) is 0 Å². The first-order valence-electron chi connectivity index (χ1n) is 6.04. The second-order valence-electron chi connectivity index (χ2n) is 4.11. The summed E-state index contributed by atoms with van der Waals surface area (Å²) >= 11 is 5.97. The monoisotopic (exact) mass is 240 g/mol. The van der Waals surface area contributed by atoms with Gasteiger partial charge in [-0.25, -0.2) is 0 Å². The summed E-state index contributed by atoms with van der Waals surface area (Å²) in [5.41, 5.74) is 1.36. The zero-order valence-electron chi connectivity index (χ0n) is 9.99. The molecule has 0 N–H and O–H groups in total. The molecule has 0 fully saturated rings. The highest BCUT2D eigenvalue weighted by atomic mass is 35.5. The number of rotatable bonds is 8. The van der Waals surface area contributed by atoms with E-state index in [4.69, 9.17) is 16.3 Å². The predicted octanol–water partition coefficient (Wildman–Crippen LogP) is 3.90. The topological polar surface area (TPSA) is 9.23 Å². The average molecular weight is 241 g/mol. The van der Waals surface area contributed by atoms with Crippen molar-refractivity contribution in [3.63, 3.8) is 0 Å². The SMILES string of the molecule is CCCOCCC(CCl)Cc1ccccc1. The molecule has 0 aromatic heterocycles. The smallest absolute Gasteiger partial charge is 0.0469 e. The van der Waals surface area contributed by atoms with Crippen molar-refractivity contribution in [2.75, 3.05) is 19.1 Å². The van der Waals surface area contributed by atoms with Crippen molar-refractivity contribution in [1.29, 1.82) is 0 Å². The fourth-order valence-corrected chi connectivity index (χ4v) is 1.94. The number of benzene rings is 1. The highest BCUT2D eigenvalue weighted by Gasteiger charge is 2.08. The van der Waals surface area contributed by atoms with Crippen LogP contribution in [-0.4, -0.2) is 19.1 Å². The Morgan fingerprint density at radius 3 is 2.56 bits per heavy atom. The zero-order chi connectivity index (χ0) is 11.6. The summed E-state index contributed by atoms with van der Waals surface area (Å²) in [6, 6.07) is 10.5. The van der Waals surface area contributed by atoms with Crippen LogP contribution >= 0.6 is 11.6 Å². The number of hydrogen-bond acceptors (Lipinski definition) is 1. The first kappa shape index (κ1) is 13.5. The average Bonchev–Trinajstić information content (AvgIpc) is 2.34. The van der Waals surface area contributed by atoms with Crippen molar-refractivity contribution in [3.05, 3.63) is 35.9 Å². The Morgan fingerprint density at radius 1 is 1.19 bits per heavy atom. The minimum atomic E-state index is 0.529. The summed E-state index contributed by atoms with van der Waals surface area (Å²) in [6.45, 7) is 3.82. The van der Waals surface area contributed by atoms with E-state index in [1.807, 2.05) is 6.07 Å². The molecule has 1 unspecified atom stereocenters. The molecule has 0 saturated carbocycles. The van der Waals surface area contributed by atoms with Crippen LogP contribution < -0.4 is 0 Å². The molecule has 1 aromatic rings. The molecule has 0 bridgehead atoms. The fraction of sp³-hybridized carbons (Fsp3) is 0.571. The van der Waals surface area contributed by atoms with Crippen molar-refractivity contribution in [2.45, 2.75) is 26.2 Å². The molecule has 1 aromatic carbocycles. The molecular weight excluding hydrogens is 220 g/mol. The van der Waals surface area contributed by atoms with Gasteiger partial charge >= 0.3 is 0 Å². The molecule has 0 amide bonds. The normalized spacial score (nSPS) is 12.6. The maximum atomic E-state index is 5.97. The van der Waals surface area contributed by atoms with Gasteiger partial charge in [-0.15, -0.1) is 11.6 Å². The van der Waals surface area contributed by atoms with Gasteiger partial charge in [0.1, 0.15) is 0 Å². The van der Waals surface area contributed by atoms with Crippen LogP contribution in [0.1, 0.15) is 25.3 Å². The van der Waals surface area contributed by atoms with E-state index in [0.717, 1.165) is 32.5 Å². The van der Waals surface area contributed by atoms with Crippen LogP contribution in [0.2, 0.25) is 0 Å². The van der Waals surface area contributed by atoms with Crippen molar-refractivity contribution in [1.82, 2.24) is 0 Å². The molecule has 0 aliphatic heterocycles. The third-order valence-corrected chi connectivity index (χ3v) is 3.04. The molecule has 0 radical (unpaired) electrons. The third kappa shape index (κ3) is 5.53. The quantitative estimate of drug-likeness (QED) is 0.495. The maximum absolute atomic E-state index is 5.97. The lowest BCUT2D eigenvalue weighted by Crippen LogP contribution is -2.10. The summed E-state index contributed by atoms with van der Waals surface area (Å²) in [5.74, 6) is 1.24. The highest BCUT2D eigenvalue weighted by Crippen LogP contribution is 2.14. The standard InChI is InChI=1S/C14H21ClO/c1-2-9-16-10-8-14(12-15)11-13-6-4-3-5-7-13/h3-7,14H,2,8-12H2,1H3. The minimum absolute atomic E-state index is 0.529. The van der Waals surface area contributed by atoms with Gasteiger partial charge in [0, 0.05) is 19.1 Å². The Morgan fingerprint density at radius 2 is 1.94 bits per heavy atom. The van der Waals surface area contributed by atoms with E-state index in [-0.39, 0.29) is 0 Å². The first-order valence-corrected chi connectivity index (χ1v) is 6.58. The molecule has 0 aliphatic rings. The van der Waals surface area contributed by atoms with E-state index >= 15 is 0 Å². The van der Waals surface area contributed by atoms with Crippen molar-refractivity contribution < 1.29 is 4.74 Å². The van der Waals surface area contributed by atoms with Crippen molar-refractivity contribution >= 4 is 11.6 Å². The highest BCUT2D eigenvalue weighted by molar-refractivity contribution is 6.18. The van der Waals surface area contributed by atoms with E-state index < -0.39 is 0 Å². The molecule has 0 heterocycles. The van der Waals surface area contributed by atoms with Gasteiger partial charge in [0.15, 0.2) is 0 Å². The largest absolute Gasteiger partial charge is 0.381 e. The molecular formula is C14H21ClO. The molecule has 0 aliphatic carbocycles. The molecule has 0 spiro atoms. The second kappa shape index (κ2) is 8.60. The first-order chi connectivity index (χ1) is 7.86. The minimum Gasteiger partial charge on any atom is -0.381 e. The van der Waals surface area contributed by atoms with E-state index in [1.165, 1.54) is 5.56 Å². The summed E-state index contributed by atoms with van der Waals surface area (Å²) in [6.07, 6.45) is 3.20. The Balaban J connectivity index is 2.26. The van der Waals surface area contributed by atoms with Crippen LogP contribution in [-0.2, 0) is 11.2 Å². The molecule has 2 heteroatoms. The van der Waals surface area contributed by atoms with Crippen molar-refractivity contribution in [3.8, 4) is 0 Å². The van der Waals surface area contributed by atoms with Crippen LogP contribution in [0.5, 0.6) is 0 Å². The number of hydrogen-bond donors (Lipinski definition) is 0. The maximum Gasteiger partial charge on any atom is 0.0469 e. The lowest BCUT2D eigenvalue weighted by molar-refractivity contribution is 0.122. The van der Waals surface area contributed by atoms with Gasteiger partial charge in [0.2, 0.25) is 0 Å². The van der Waals surface area contributed by atoms with Crippen LogP contribution in [0.25, 0.3) is 0 Å². The van der Waals surface area contributed by atoms with Gasteiger partial charge in [-0.05, 0) is 30.7 Å². The lowest BCUT2D eigenvalue weighted by atomic mass is 9.98. The molecule has 16 heavy (non-hydrogen) atoms. The van der Waals surface area contributed by atoms with Gasteiger partial charge < -0.3 is 4.74 Å². The lowest BCUT2D eigenvalue weighted by Gasteiger charge is -2.13. The summed E-state index contributed by atoms with van der Waals surface area (Å²) in [7, 11) is 0. The molecule has 90 valence electrons. The van der Waals surface area contributed by atoms with Crippen LogP contribution in [0.3, 0.4) is 0 Å². The van der Waals surface area contributed by atoms with Gasteiger partial charge in [-0.2, -0.15) is 0 Å². The predicted molar refractivity (Wildman–Crippen MR) is 70.1 cm³/mol. The third-order valence-electron chi connectivity index (χ3n) is 2.60. The Hall–Kier alpha value is -0.530. The van der Waals surface area contributed by atoms with E-state index in [0.29, 0.717) is 11.8 Å². The molecule has 1 atom stereocenters. The Bertz CT molecular complexity index is 261. The van der Waals surface area contributed by atoms with Gasteiger partial charge in [0.25, 0.3) is 0 Å². The van der Waals surface area contributed by atoms with Crippen LogP contribution in [0, 0.1) is 5.92 Å². The van der Waals surface area contributed by atoms with Crippen LogP contribution in [0.4, 0.5) is 0 Å². The fourth-order valence-electron chi connectivity index (χ4n) is 1.68. The van der Waals surface area contributed by atoms with Gasteiger partial charge in [-0.3, -0.25) is 0 Å². The van der Waals surface area contributed by atoms with Gasteiger partial charge in [0.05, 0.1) is 0 Å². The van der Waals surface area contributed by atoms with Gasteiger partial charge in [-0.1, -0.05) is 37.3 Å².